The Labute approximate surface area is 98.2 Å². The molecular formula is C14H22NO+. The first-order chi connectivity index (χ1) is 7.75. The highest BCUT2D eigenvalue weighted by Gasteiger charge is 2.10. The summed E-state index contributed by atoms with van der Waals surface area (Å²) in [4.78, 5) is 1.48. The van der Waals surface area contributed by atoms with Crippen molar-refractivity contribution in [2.45, 2.75) is 25.7 Å². The fraction of sp³-hybridized carbons (Fsp3) is 0.571. The molecule has 0 heterocycles. The molecule has 1 N–H and O–H groups in total. The Hall–Kier alpha value is -1.02. The van der Waals surface area contributed by atoms with Crippen LogP contribution in [0.5, 0.6) is 5.75 Å². The maximum absolute atomic E-state index is 5.77. The van der Waals surface area contributed by atoms with Crippen LogP contribution < -0.4 is 9.64 Å². The maximum Gasteiger partial charge on any atom is 0.119 e. The second-order valence-corrected chi connectivity index (χ2v) is 4.94. The molecule has 0 saturated carbocycles. The summed E-state index contributed by atoms with van der Waals surface area (Å²) >= 11 is 0. The summed E-state index contributed by atoms with van der Waals surface area (Å²) in [5.41, 5.74) is 3.01. The average Bonchev–Trinajstić information content (AvgIpc) is 2.71. The highest BCUT2D eigenvalue weighted by Crippen LogP contribution is 2.25. The summed E-state index contributed by atoms with van der Waals surface area (Å²) in [7, 11) is 4.35. The van der Waals surface area contributed by atoms with Crippen molar-refractivity contribution >= 4 is 0 Å². The third-order valence-electron chi connectivity index (χ3n) is 3.16. The van der Waals surface area contributed by atoms with E-state index in [9.17, 15) is 0 Å². The number of benzene rings is 1. The minimum atomic E-state index is 0.837. The minimum absolute atomic E-state index is 0.837. The number of hydrogen-bond acceptors (Lipinski definition) is 1. The van der Waals surface area contributed by atoms with Crippen LogP contribution in [0.3, 0.4) is 0 Å². The average molecular weight is 220 g/mol. The van der Waals surface area contributed by atoms with E-state index in [0.29, 0.717) is 0 Å². The summed E-state index contributed by atoms with van der Waals surface area (Å²) in [5.74, 6) is 1.05. The molecule has 1 aliphatic carbocycles. The smallest absolute Gasteiger partial charge is 0.119 e. The van der Waals surface area contributed by atoms with Crippen molar-refractivity contribution in [3.8, 4) is 5.75 Å². The third-order valence-corrected chi connectivity index (χ3v) is 3.16. The Kier molecular flexibility index (Phi) is 3.83. The molecule has 1 aromatic carbocycles. The molecule has 0 saturated heterocycles. The van der Waals surface area contributed by atoms with Crippen molar-refractivity contribution in [1.29, 1.82) is 0 Å². The van der Waals surface area contributed by atoms with E-state index >= 15 is 0 Å². The molecule has 88 valence electrons. The third kappa shape index (κ3) is 2.99. The first-order valence-corrected chi connectivity index (χ1v) is 6.29. The number of aryl methyl sites for hydroxylation is 2. The molecule has 0 bridgehead atoms. The van der Waals surface area contributed by atoms with Crippen molar-refractivity contribution in [2.75, 3.05) is 27.2 Å². The van der Waals surface area contributed by atoms with Gasteiger partial charge >= 0.3 is 0 Å². The molecule has 1 aromatic rings. The molecule has 0 spiro atoms. The van der Waals surface area contributed by atoms with Crippen LogP contribution in [0.4, 0.5) is 0 Å². The second-order valence-electron chi connectivity index (χ2n) is 4.94. The molecule has 1 aliphatic rings. The van der Waals surface area contributed by atoms with Gasteiger partial charge < -0.3 is 9.64 Å². The molecule has 0 unspecified atom stereocenters. The van der Waals surface area contributed by atoms with Gasteiger partial charge in [0.05, 0.1) is 27.2 Å². The number of nitrogens with one attached hydrogen (secondary N) is 1. The quantitative estimate of drug-likeness (QED) is 0.733. The highest BCUT2D eigenvalue weighted by atomic mass is 16.5. The van der Waals surface area contributed by atoms with Crippen LogP contribution in [0.2, 0.25) is 0 Å². The van der Waals surface area contributed by atoms with Gasteiger partial charge in [0.25, 0.3) is 0 Å². The Morgan fingerprint density at radius 1 is 1.19 bits per heavy atom. The van der Waals surface area contributed by atoms with E-state index in [-0.39, 0.29) is 0 Å². The van der Waals surface area contributed by atoms with E-state index in [1.54, 1.807) is 0 Å². The molecule has 0 atom stereocenters. The summed E-state index contributed by atoms with van der Waals surface area (Å²) < 4.78 is 5.77. The summed E-state index contributed by atoms with van der Waals surface area (Å²) in [6, 6.07) is 6.58. The van der Waals surface area contributed by atoms with Crippen molar-refractivity contribution in [3.05, 3.63) is 29.3 Å². The molecule has 2 rings (SSSR count). The highest BCUT2D eigenvalue weighted by molar-refractivity contribution is 5.38. The number of ether oxygens (including phenoxy) is 1. The molecule has 0 aromatic heterocycles. The lowest BCUT2D eigenvalue weighted by molar-refractivity contribution is -0.858. The van der Waals surface area contributed by atoms with Gasteiger partial charge in [-0.05, 0) is 42.5 Å². The Morgan fingerprint density at radius 2 is 2.00 bits per heavy atom. The van der Waals surface area contributed by atoms with Crippen LogP contribution in [0.25, 0.3) is 0 Å². The normalized spacial score (nSPS) is 14.2. The standard InChI is InChI=1S/C14H21NO/c1-15(2)9-4-10-16-14-8-7-12-5-3-6-13(12)11-14/h7-8,11H,3-6,9-10H2,1-2H3/p+1. The van der Waals surface area contributed by atoms with Gasteiger partial charge in [-0.25, -0.2) is 0 Å². The van der Waals surface area contributed by atoms with Crippen molar-refractivity contribution in [2.24, 2.45) is 0 Å². The number of quaternary nitrogens is 1. The zero-order valence-corrected chi connectivity index (χ0v) is 10.4. The monoisotopic (exact) mass is 220 g/mol. The van der Waals surface area contributed by atoms with Gasteiger partial charge in [0.15, 0.2) is 0 Å². The maximum atomic E-state index is 5.77. The first kappa shape index (κ1) is 11.5. The van der Waals surface area contributed by atoms with Crippen LogP contribution in [0, 0.1) is 0 Å². The SMILES string of the molecule is C[NH+](C)CCCOc1ccc2c(c1)CCC2. The van der Waals surface area contributed by atoms with Gasteiger partial charge in [-0.3, -0.25) is 0 Å². The molecule has 2 nitrogen and oxygen atoms in total. The van der Waals surface area contributed by atoms with E-state index in [2.05, 4.69) is 32.3 Å². The van der Waals surface area contributed by atoms with Gasteiger partial charge in [-0.1, -0.05) is 6.07 Å². The Morgan fingerprint density at radius 3 is 2.81 bits per heavy atom. The summed E-state index contributed by atoms with van der Waals surface area (Å²) in [6.07, 6.45) is 4.91. The molecule has 0 aliphatic heterocycles. The summed E-state index contributed by atoms with van der Waals surface area (Å²) in [6.45, 7) is 2.01. The number of fused-ring (bicyclic) bond motifs is 1. The Bertz CT molecular complexity index is 347. The van der Waals surface area contributed by atoms with Crippen LogP contribution in [0.1, 0.15) is 24.0 Å². The van der Waals surface area contributed by atoms with Gasteiger partial charge in [0.2, 0.25) is 0 Å². The van der Waals surface area contributed by atoms with E-state index < -0.39 is 0 Å². The fourth-order valence-electron chi connectivity index (χ4n) is 2.25. The van der Waals surface area contributed by atoms with Crippen LogP contribution in [0.15, 0.2) is 18.2 Å². The van der Waals surface area contributed by atoms with Gasteiger partial charge in [0, 0.05) is 6.42 Å². The summed E-state index contributed by atoms with van der Waals surface area (Å²) in [5, 5.41) is 0. The predicted molar refractivity (Wildman–Crippen MR) is 66.3 cm³/mol. The van der Waals surface area contributed by atoms with E-state index in [1.165, 1.54) is 41.8 Å². The number of hydrogen-bond donors (Lipinski definition) is 1. The first-order valence-electron chi connectivity index (χ1n) is 6.29. The number of rotatable bonds is 5. The van der Waals surface area contributed by atoms with Gasteiger partial charge in [0.1, 0.15) is 5.75 Å². The second kappa shape index (κ2) is 5.35. The fourth-order valence-corrected chi connectivity index (χ4v) is 2.25. The van der Waals surface area contributed by atoms with E-state index in [1.807, 2.05) is 0 Å². The van der Waals surface area contributed by atoms with Crippen LogP contribution in [-0.2, 0) is 12.8 Å². The molecule has 16 heavy (non-hydrogen) atoms. The largest absolute Gasteiger partial charge is 0.493 e. The van der Waals surface area contributed by atoms with Gasteiger partial charge in [-0.2, -0.15) is 0 Å². The van der Waals surface area contributed by atoms with Crippen LogP contribution >= 0.6 is 0 Å². The van der Waals surface area contributed by atoms with Crippen molar-refractivity contribution < 1.29 is 9.64 Å². The minimum Gasteiger partial charge on any atom is -0.493 e. The lowest BCUT2D eigenvalue weighted by Gasteiger charge is -2.09. The topological polar surface area (TPSA) is 13.7 Å². The molecular weight excluding hydrogens is 198 g/mol. The van der Waals surface area contributed by atoms with E-state index in [0.717, 1.165) is 18.8 Å². The van der Waals surface area contributed by atoms with Gasteiger partial charge in [-0.15, -0.1) is 0 Å². The predicted octanol–water partition coefficient (Wildman–Crippen LogP) is 1.09. The van der Waals surface area contributed by atoms with Crippen molar-refractivity contribution in [3.63, 3.8) is 0 Å². The molecule has 2 heteroatoms. The van der Waals surface area contributed by atoms with Crippen LogP contribution in [-0.4, -0.2) is 27.2 Å². The van der Waals surface area contributed by atoms with Crippen molar-refractivity contribution in [1.82, 2.24) is 0 Å². The lowest BCUT2D eigenvalue weighted by atomic mass is 10.1. The zero-order chi connectivity index (χ0) is 11.4. The Balaban J connectivity index is 1.81. The van der Waals surface area contributed by atoms with E-state index in [4.69, 9.17) is 4.74 Å². The molecule has 0 amide bonds. The molecule has 0 radical (unpaired) electrons. The zero-order valence-electron chi connectivity index (χ0n) is 10.4. The lowest BCUT2D eigenvalue weighted by Crippen LogP contribution is -3.05. The molecule has 0 fully saturated rings.